The number of methoxy groups -OCH3 is 1. The summed E-state index contributed by atoms with van der Waals surface area (Å²) in [5.41, 5.74) is 0.379. The van der Waals surface area contributed by atoms with E-state index < -0.39 is 5.41 Å². The van der Waals surface area contributed by atoms with Crippen molar-refractivity contribution in [2.75, 3.05) is 13.7 Å². The van der Waals surface area contributed by atoms with Gasteiger partial charge in [0.15, 0.2) is 11.5 Å². The molecule has 0 aliphatic heterocycles. The monoisotopic (exact) mass is 371 g/mol. The molecule has 0 saturated heterocycles. The number of hydrogen-bond donors (Lipinski definition) is 0. The molecule has 146 valence electrons. The lowest BCUT2D eigenvalue weighted by Gasteiger charge is -2.34. The average Bonchev–Trinajstić information content (AvgIpc) is 3.21. The van der Waals surface area contributed by atoms with E-state index in [2.05, 4.69) is 6.07 Å². The summed E-state index contributed by atoms with van der Waals surface area (Å²) in [4.78, 5) is 12.0. The molecule has 0 radical (unpaired) electrons. The lowest BCUT2D eigenvalue weighted by Crippen LogP contribution is -2.33. The molecular formula is C22H29NO4. The van der Waals surface area contributed by atoms with E-state index in [1.807, 2.05) is 25.1 Å². The van der Waals surface area contributed by atoms with Crippen LogP contribution in [-0.2, 0) is 14.9 Å². The maximum absolute atomic E-state index is 12.0. The van der Waals surface area contributed by atoms with Gasteiger partial charge in [0.1, 0.15) is 0 Å². The topological polar surface area (TPSA) is 68.6 Å². The summed E-state index contributed by atoms with van der Waals surface area (Å²) in [5.74, 6) is 1.20. The maximum atomic E-state index is 12.0. The predicted molar refractivity (Wildman–Crippen MR) is 102 cm³/mol. The van der Waals surface area contributed by atoms with Crippen LogP contribution >= 0.6 is 0 Å². The Balaban J connectivity index is 1.79. The van der Waals surface area contributed by atoms with Crippen LogP contribution in [-0.4, -0.2) is 25.8 Å². The number of benzene rings is 1. The molecule has 0 heterocycles. The van der Waals surface area contributed by atoms with Gasteiger partial charge in [-0.3, -0.25) is 4.79 Å². The second-order valence-electron chi connectivity index (χ2n) is 7.61. The lowest BCUT2D eigenvalue weighted by molar-refractivity contribution is -0.149. The van der Waals surface area contributed by atoms with Crippen molar-refractivity contribution in [1.82, 2.24) is 0 Å². The van der Waals surface area contributed by atoms with Crippen LogP contribution in [0.1, 0.15) is 63.9 Å². The molecule has 0 unspecified atom stereocenters. The summed E-state index contributed by atoms with van der Waals surface area (Å²) in [6, 6.07) is 8.38. The Bertz CT molecular complexity index is 695. The highest BCUT2D eigenvalue weighted by Crippen LogP contribution is 2.44. The van der Waals surface area contributed by atoms with E-state index in [-0.39, 0.29) is 18.0 Å². The molecule has 2 saturated carbocycles. The maximum Gasteiger partial charge on any atom is 0.308 e. The van der Waals surface area contributed by atoms with Crippen LogP contribution in [0, 0.1) is 17.2 Å². The van der Waals surface area contributed by atoms with Gasteiger partial charge in [-0.1, -0.05) is 6.07 Å². The first-order valence-corrected chi connectivity index (χ1v) is 10.0. The zero-order valence-corrected chi connectivity index (χ0v) is 16.3. The minimum Gasteiger partial charge on any atom is -0.493 e. The van der Waals surface area contributed by atoms with Gasteiger partial charge in [0.2, 0.25) is 0 Å². The fourth-order valence-electron chi connectivity index (χ4n) is 4.32. The highest BCUT2D eigenvalue weighted by atomic mass is 16.5. The van der Waals surface area contributed by atoms with Crippen molar-refractivity contribution < 1.29 is 19.0 Å². The molecule has 1 aromatic rings. The van der Waals surface area contributed by atoms with Crippen molar-refractivity contribution >= 4 is 5.97 Å². The van der Waals surface area contributed by atoms with Crippen molar-refractivity contribution in [2.24, 2.45) is 5.92 Å². The molecule has 2 aliphatic rings. The number of nitriles is 1. The predicted octanol–water partition coefficient (Wildman–Crippen LogP) is 4.53. The first-order chi connectivity index (χ1) is 13.1. The van der Waals surface area contributed by atoms with Gasteiger partial charge < -0.3 is 14.2 Å². The normalized spacial score (nSPS) is 25.6. The molecule has 27 heavy (non-hydrogen) atoms. The number of rotatable bonds is 6. The van der Waals surface area contributed by atoms with E-state index in [0.717, 1.165) is 24.2 Å². The van der Waals surface area contributed by atoms with E-state index in [1.54, 1.807) is 7.11 Å². The number of ether oxygens (including phenoxy) is 3. The second-order valence-corrected chi connectivity index (χ2v) is 7.61. The van der Waals surface area contributed by atoms with Crippen LogP contribution in [0.25, 0.3) is 0 Å². The Morgan fingerprint density at radius 3 is 2.48 bits per heavy atom. The molecule has 2 fully saturated rings. The summed E-state index contributed by atoms with van der Waals surface area (Å²) in [5, 5.41) is 9.99. The van der Waals surface area contributed by atoms with Gasteiger partial charge in [0.05, 0.1) is 37.2 Å². The molecule has 0 bridgehead atoms. The quantitative estimate of drug-likeness (QED) is 0.687. The third-order valence-corrected chi connectivity index (χ3v) is 5.99. The van der Waals surface area contributed by atoms with Crippen LogP contribution in [0.3, 0.4) is 0 Å². The average molecular weight is 371 g/mol. The summed E-state index contributed by atoms with van der Waals surface area (Å²) < 4.78 is 16.8. The van der Waals surface area contributed by atoms with Gasteiger partial charge in [-0.05, 0) is 76.0 Å². The van der Waals surface area contributed by atoms with Crippen molar-refractivity contribution in [1.29, 1.82) is 5.26 Å². The number of hydrogen-bond acceptors (Lipinski definition) is 5. The van der Waals surface area contributed by atoms with Crippen LogP contribution in [0.2, 0.25) is 0 Å². The molecule has 5 heteroatoms. The van der Waals surface area contributed by atoms with Gasteiger partial charge in [-0.2, -0.15) is 5.26 Å². The highest BCUT2D eigenvalue weighted by molar-refractivity contribution is 5.72. The van der Waals surface area contributed by atoms with Crippen LogP contribution < -0.4 is 9.47 Å². The van der Waals surface area contributed by atoms with Crippen molar-refractivity contribution in [2.45, 2.75) is 69.8 Å². The first-order valence-electron chi connectivity index (χ1n) is 10.0. The Hall–Kier alpha value is -2.22. The van der Waals surface area contributed by atoms with Crippen molar-refractivity contribution in [3.05, 3.63) is 23.8 Å². The molecule has 5 nitrogen and oxygen atoms in total. The third-order valence-electron chi connectivity index (χ3n) is 5.99. The molecule has 0 N–H and O–H groups in total. The smallest absolute Gasteiger partial charge is 0.308 e. The van der Waals surface area contributed by atoms with Crippen LogP contribution in [0.5, 0.6) is 11.5 Å². The Morgan fingerprint density at radius 2 is 1.89 bits per heavy atom. The van der Waals surface area contributed by atoms with E-state index in [4.69, 9.17) is 14.2 Å². The zero-order chi connectivity index (χ0) is 19.3. The van der Waals surface area contributed by atoms with E-state index in [9.17, 15) is 10.1 Å². The number of carbonyl (C=O) groups excluding carboxylic acids is 1. The van der Waals surface area contributed by atoms with Gasteiger partial charge >= 0.3 is 5.97 Å². The number of esters is 1. The summed E-state index contributed by atoms with van der Waals surface area (Å²) in [6.45, 7) is 2.22. The van der Waals surface area contributed by atoms with Crippen molar-refractivity contribution in [3.63, 3.8) is 0 Å². The Labute approximate surface area is 161 Å². The standard InChI is InChI=1S/C22H29NO4/c1-3-26-21(24)16-10-12-22(15-23,13-11-16)17-8-9-19(25-2)20(14-17)27-18-6-4-5-7-18/h8-9,14,16,18H,3-7,10-13H2,1-2H3. The summed E-state index contributed by atoms with van der Waals surface area (Å²) in [6.07, 6.45) is 7.43. The van der Waals surface area contributed by atoms with Gasteiger partial charge in [-0.25, -0.2) is 0 Å². The van der Waals surface area contributed by atoms with E-state index in [0.29, 0.717) is 38.0 Å². The molecular weight excluding hydrogens is 342 g/mol. The molecule has 1 aromatic carbocycles. The number of carbonyl (C=O) groups is 1. The van der Waals surface area contributed by atoms with Crippen LogP contribution in [0.4, 0.5) is 0 Å². The largest absolute Gasteiger partial charge is 0.493 e. The Kier molecular flexibility index (Phi) is 6.26. The molecule has 3 rings (SSSR count). The van der Waals surface area contributed by atoms with Crippen LogP contribution in [0.15, 0.2) is 18.2 Å². The summed E-state index contributed by atoms with van der Waals surface area (Å²) in [7, 11) is 1.64. The number of nitrogens with zero attached hydrogens (tertiary/aromatic N) is 1. The molecule has 0 atom stereocenters. The van der Waals surface area contributed by atoms with E-state index >= 15 is 0 Å². The fraction of sp³-hybridized carbons (Fsp3) is 0.636. The SMILES string of the molecule is CCOC(=O)C1CCC(C#N)(c2ccc(OC)c(OC3CCCC3)c2)CC1. The first kappa shape index (κ1) is 19.5. The fourth-order valence-corrected chi connectivity index (χ4v) is 4.32. The summed E-state index contributed by atoms with van der Waals surface area (Å²) >= 11 is 0. The molecule has 0 spiro atoms. The second kappa shape index (κ2) is 8.65. The van der Waals surface area contributed by atoms with Crippen molar-refractivity contribution in [3.8, 4) is 17.6 Å². The molecule has 2 aliphatic carbocycles. The highest BCUT2D eigenvalue weighted by Gasteiger charge is 2.40. The minimum atomic E-state index is -0.580. The van der Waals surface area contributed by atoms with Gasteiger partial charge in [0.25, 0.3) is 0 Å². The zero-order valence-electron chi connectivity index (χ0n) is 16.3. The third kappa shape index (κ3) is 4.21. The van der Waals surface area contributed by atoms with Gasteiger partial charge in [-0.15, -0.1) is 0 Å². The van der Waals surface area contributed by atoms with Gasteiger partial charge in [0, 0.05) is 0 Å². The lowest BCUT2D eigenvalue weighted by atomic mass is 9.67. The molecule has 0 aromatic heterocycles. The molecule has 0 amide bonds. The minimum absolute atomic E-state index is 0.0983. The Morgan fingerprint density at radius 1 is 1.19 bits per heavy atom. The van der Waals surface area contributed by atoms with E-state index in [1.165, 1.54) is 12.8 Å².